The molecule has 1 rings (SSSR count). The van der Waals surface area contributed by atoms with E-state index in [0.29, 0.717) is 0 Å². The summed E-state index contributed by atoms with van der Waals surface area (Å²) in [7, 11) is 0. The molecule has 1 nitrogen and oxygen atoms in total. The lowest BCUT2D eigenvalue weighted by Gasteiger charge is -2.27. The van der Waals surface area contributed by atoms with Gasteiger partial charge in [-0.05, 0) is 43.2 Å². The van der Waals surface area contributed by atoms with Gasteiger partial charge in [0, 0.05) is 11.9 Å². The molecule has 1 aromatic rings. The van der Waals surface area contributed by atoms with Gasteiger partial charge in [0.2, 0.25) is 0 Å². The SMILES string of the molecule is C=C.CC=N/C(CC)=C(\C)C(C)(C)Cc1ccccc1. The van der Waals surface area contributed by atoms with Crippen LogP contribution >= 0.6 is 0 Å². The van der Waals surface area contributed by atoms with Crippen molar-refractivity contribution in [2.24, 2.45) is 10.4 Å². The fourth-order valence-corrected chi connectivity index (χ4v) is 2.24. The number of allylic oxidation sites excluding steroid dienone is 2. The normalized spacial score (nSPS) is 12.7. The summed E-state index contributed by atoms with van der Waals surface area (Å²) in [5.74, 6) is 0. The van der Waals surface area contributed by atoms with Crippen LogP contribution in [0, 0.1) is 5.41 Å². The molecule has 0 radical (unpaired) electrons. The van der Waals surface area contributed by atoms with Crippen LogP contribution in [0.2, 0.25) is 0 Å². The van der Waals surface area contributed by atoms with E-state index in [0.717, 1.165) is 12.8 Å². The predicted molar refractivity (Wildman–Crippen MR) is 92.3 cm³/mol. The van der Waals surface area contributed by atoms with Crippen molar-refractivity contribution in [3.63, 3.8) is 0 Å². The fourth-order valence-electron chi connectivity index (χ4n) is 2.24. The van der Waals surface area contributed by atoms with Gasteiger partial charge in [0.25, 0.3) is 0 Å². The van der Waals surface area contributed by atoms with Crippen LogP contribution < -0.4 is 0 Å². The van der Waals surface area contributed by atoms with Crippen molar-refractivity contribution in [2.45, 2.75) is 47.5 Å². The second-order valence-corrected chi connectivity index (χ2v) is 5.36. The maximum atomic E-state index is 4.51. The molecule has 0 fully saturated rings. The maximum Gasteiger partial charge on any atom is 0.0391 e. The summed E-state index contributed by atoms with van der Waals surface area (Å²) >= 11 is 0. The van der Waals surface area contributed by atoms with Gasteiger partial charge in [0.05, 0.1) is 0 Å². The zero-order valence-electron chi connectivity index (χ0n) is 13.7. The average Bonchev–Trinajstić information content (AvgIpc) is 2.46. The van der Waals surface area contributed by atoms with Crippen molar-refractivity contribution in [1.82, 2.24) is 0 Å². The molecule has 1 aromatic carbocycles. The molecule has 0 aliphatic rings. The van der Waals surface area contributed by atoms with E-state index in [1.807, 2.05) is 13.1 Å². The van der Waals surface area contributed by atoms with Crippen LogP contribution in [0.15, 0.2) is 59.8 Å². The molecule has 20 heavy (non-hydrogen) atoms. The lowest BCUT2D eigenvalue weighted by Crippen LogP contribution is -2.18. The van der Waals surface area contributed by atoms with Crippen molar-refractivity contribution in [3.8, 4) is 0 Å². The molecule has 0 aromatic heterocycles. The maximum absolute atomic E-state index is 4.51. The first-order chi connectivity index (χ1) is 9.51. The summed E-state index contributed by atoms with van der Waals surface area (Å²) < 4.78 is 0. The number of rotatable bonds is 5. The van der Waals surface area contributed by atoms with Crippen LogP contribution in [-0.2, 0) is 6.42 Å². The van der Waals surface area contributed by atoms with Gasteiger partial charge in [-0.3, -0.25) is 4.99 Å². The minimum Gasteiger partial charge on any atom is -0.266 e. The van der Waals surface area contributed by atoms with Crippen LogP contribution in [0.25, 0.3) is 0 Å². The molecular formula is C19H29N. The highest BCUT2D eigenvalue weighted by molar-refractivity contribution is 5.55. The fraction of sp³-hybridized carbons (Fsp3) is 0.421. The van der Waals surface area contributed by atoms with Crippen LogP contribution in [0.4, 0.5) is 0 Å². The van der Waals surface area contributed by atoms with Gasteiger partial charge < -0.3 is 0 Å². The van der Waals surface area contributed by atoms with E-state index < -0.39 is 0 Å². The highest BCUT2D eigenvalue weighted by Crippen LogP contribution is 2.33. The summed E-state index contributed by atoms with van der Waals surface area (Å²) in [5, 5.41) is 0. The number of hydrogen-bond acceptors (Lipinski definition) is 1. The Morgan fingerprint density at radius 2 is 1.75 bits per heavy atom. The van der Waals surface area contributed by atoms with Crippen molar-refractivity contribution in [1.29, 1.82) is 0 Å². The van der Waals surface area contributed by atoms with Crippen LogP contribution in [0.1, 0.15) is 46.6 Å². The molecule has 1 heteroatoms. The van der Waals surface area contributed by atoms with E-state index in [1.54, 1.807) is 0 Å². The summed E-state index contributed by atoms with van der Waals surface area (Å²) in [5.41, 5.74) is 4.15. The van der Waals surface area contributed by atoms with Gasteiger partial charge >= 0.3 is 0 Å². The van der Waals surface area contributed by atoms with Crippen molar-refractivity contribution in [2.75, 3.05) is 0 Å². The Labute approximate surface area is 125 Å². The highest BCUT2D eigenvalue weighted by atomic mass is 14.7. The Hall–Kier alpha value is -1.63. The highest BCUT2D eigenvalue weighted by Gasteiger charge is 2.22. The van der Waals surface area contributed by atoms with Gasteiger partial charge in [-0.1, -0.05) is 51.1 Å². The minimum atomic E-state index is 0.152. The number of nitrogens with zero attached hydrogens (tertiary/aromatic N) is 1. The quantitative estimate of drug-likeness (QED) is 0.472. The van der Waals surface area contributed by atoms with E-state index >= 15 is 0 Å². The molecule has 0 N–H and O–H groups in total. The van der Waals surface area contributed by atoms with Gasteiger partial charge in [0.1, 0.15) is 0 Å². The molecule has 0 spiro atoms. The zero-order chi connectivity index (χ0) is 15.6. The lowest BCUT2D eigenvalue weighted by atomic mass is 9.78. The number of benzene rings is 1. The Morgan fingerprint density at radius 3 is 2.20 bits per heavy atom. The van der Waals surface area contributed by atoms with Gasteiger partial charge in [0.15, 0.2) is 0 Å². The van der Waals surface area contributed by atoms with Gasteiger partial charge in [-0.15, -0.1) is 13.2 Å². The first-order valence-electron chi connectivity index (χ1n) is 7.24. The Bertz CT molecular complexity index is 438. The van der Waals surface area contributed by atoms with Crippen LogP contribution in [0.3, 0.4) is 0 Å². The van der Waals surface area contributed by atoms with Crippen molar-refractivity contribution >= 4 is 6.21 Å². The zero-order valence-corrected chi connectivity index (χ0v) is 13.7. The molecule has 0 bridgehead atoms. The topological polar surface area (TPSA) is 12.4 Å². The third kappa shape index (κ3) is 5.56. The molecule has 0 saturated heterocycles. The Kier molecular flexibility index (Phi) is 8.54. The second kappa shape index (κ2) is 9.30. The molecule has 0 heterocycles. The monoisotopic (exact) mass is 271 g/mol. The molecule has 0 saturated carbocycles. The smallest absolute Gasteiger partial charge is 0.0391 e. The number of aliphatic imine (C=N–C) groups is 1. The molecule has 0 aliphatic heterocycles. The van der Waals surface area contributed by atoms with Crippen LogP contribution in [-0.4, -0.2) is 6.21 Å². The average molecular weight is 271 g/mol. The Morgan fingerprint density at radius 1 is 1.20 bits per heavy atom. The minimum absolute atomic E-state index is 0.152. The van der Waals surface area contributed by atoms with E-state index in [1.165, 1.54) is 16.8 Å². The Balaban J connectivity index is 0.00000172. The van der Waals surface area contributed by atoms with E-state index in [9.17, 15) is 0 Å². The summed E-state index contributed by atoms with van der Waals surface area (Å²) in [6, 6.07) is 10.7. The third-order valence-electron chi connectivity index (χ3n) is 3.56. The second-order valence-electron chi connectivity index (χ2n) is 5.36. The first-order valence-corrected chi connectivity index (χ1v) is 7.24. The molecule has 0 aliphatic carbocycles. The van der Waals surface area contributed by atoms with Crippen molar-refractivity contribution in [3.05, 3.63) is 60.3 Å². The first kappa shape index (κ1) is 18.4. The predicted octanol–water partition coefficient (Wildman–Crippen LogP) is 5.83. The standard InChI is InChI=1S/C17H25N.C2H4/c1-6-16(18-7-2)14(3)17(4,5)13-15-11-9-8-10-12-15;1-2/h7-12H,6,13H2,1-5H3;1-2H2/b16-14+,18-7?;. The van der Waals surface area contributed by atoms with E-state index in [4.69, 9.17) is 0 Å². The molecule has 0 unspecified atom stereocenters. The van der Waals surface area contributed by atoms with E-state index in [2.05, 4.69) is 76.2 Å². The lowest BCUT2D eigenvalue weighted by molar-refractivity contribution is 0.437. The number of hydrogen-bond donors (Lipinski definition) is 0. The summed E-state index contributed by atoms with van der Waals surface area (Å²) in [6.07, 6.45) is 3.94. The molecule has 0 amide bonds. The molecule has 110 valence electrons. The van der Waals surface area contributed by atoms with Crippen LogP contribution in [0.5, 0.6) is 0 Å². The van der Waals surface area contributed by atoms with Gasteiger partial charge in [-0.25, -0.2) is 0 Å². The van der Waals surface area contributed by atoms with Gasteiger partial charge in [-0.2, -0.15) is 0 Å². The van der Waals surface area contributed by atoms with E-state index in [-0.39, 0.29) is 5.41 Å². The third-order valence-corrected chi connectivity index (χ3v) is 3.56. The largest absolute Gasteiger partial charge is 0.266 e. The molecule has 0 atom stereocenters. The summed E-state index contributed by atoms with van der Waals surface area (Å²) in [4.78, 5) is 4.51. The van der Waals surface area contributed by atoms with Crippen molar-refractivity contribution < 1.29 is 0 Å². The molecular weight excluding hydrogens is 242 g/mol. The summed E-state index contributed by atoms with van der Waals surface area (Å²) in [6.45, 7) is 17.0.